The van der Waals surface area contributed by atoms with Crippen LogP contribution in [-0.4, -0.2) is 11.7 Å². The van der Waals surface area contributed by atoms with Gasteiger partial charge in [0.15, 0.2) is 0 Å². The van der Waals surface area contributed by atoms with Crippen molar-refractivity contribution in [3.63, 3.8) is 0 Å². The zero-order valence-electron chi connectivity index (χ0n) is 8.05. The van der Waals surface area contributed by atoms with Crippen molar-refractivity contribution in [3.8, 4) is 0 Å². The number of hydrogen-bond acceptors (Lipinski definition) is 3. The Morgan fingerprint density at radius 2 is 2.46 bits per heavy atom. The lowest BCUT2D eigenvalue weighted by molar-refractivity contribution is 0.362. The standard InChI is InChI=1S/C10H16N2O/c1-2-8-10-7(6-11)4-3-5-9(10)13-12-8/h7H,2-6,11H2,1H3. The fourth-order valence-electron chi connectivity index (χ4n) is 2.16. The number of rotatable bonds is 2. The zero-order chi connectivity index (χ0) is 9.26. The van der Waals surface area contributed by atoms with Crippen LogP contribution in [-0.2, 0) is 12.8 Å². The van der Waals surface area contributed by atoms with Crippen molar-refractivity contribution in [1.29, 1.82) is 0 Å². The lowest BCUT2D eigenvalue weighted by atomic mass is 9.85. The summed E-state index contributed by atoms with van der Waals surface area (Å²) in [5.74, 6) is 1.57. The SMILES string of the molecule is CCc1noc2c1C(CN)CCC2. The molecule has 1 aromatic heterocycles. The first-order valence-corrected chi connectivity index (χ1v) is 5.04. The van der Waals surface area contributed by atoms with Crippen molar-refractivity contribution in [1.82, 2.24) is 5.16 Å². The first-order chi connectivity index (χ1) is 6.36. The van der Waals surface area contributed by atoms with E-state index < -0.39 is 0 Å². The molecule has 3 nitrogen and oxygen atoms in total. The number of nitrogens with zero attached hydrogens (tertiary/aromatic N) is 1. The zero-order valence-corrected chi connectivity index (χ0v) is 8.05. The molecule has 0 spiro atoms. The van der Waals surface area contributed by atoms with Crippen LogP contribution < -0.4 is 5.73 Å². The van der Waals surface area contributed by atoms with Crippen LogP contribution >= 0.6 is 0 Å². The third-order valence-corrected chi connectivity index (χ3v) is 2.86. The van der Waals surface area contributed by atoms with Gasteiger partial charge >= 0.3 is 0 Å². The lowest BCUT2D eigenvalue weighted by Crippen LogP contribution is -2.18. The van der Waals surface area contributed by atoms with Crippen LogP contribution in [0.2, 0.25) is 0 Å². The molecule has 0 fully saturated rings. The van der Waals surface area contributed by atoms with Gasteiger partial charge in [0.1, 0.15) is 5.76 Å². The van der Waals surface area contributed by atoms with Crippen molar-refractivity contribution in [2.45, 2.75) is 38.5 Å². The highest BCUT2D eigenvalue weighted by molar-refractivity contribution is 5.30. The summed E-state index contributed by atoms with van der Waals surface area (Å²) in [4.78, 5) is 0. The molecule has 0 aliphatic heterocycles. The Bertz CT molecular complexity index is 280. The van der Waals surface area contributed by atoms with Gasteiger partial charge in [-0.25, -0.2) is 0 Å². The fraction of sp³-hybridized carbons (Fsp3) is 0.700. The molecule has 0 aromatic carbocycles. The van der Waals surface area contributed by atoms with Crippen molar-refractivity contribution in [2.75, 3.05) is 6.54 Å². The maximum Gasteiger partial charge on any atom is 0.140 e. The second-order valence-electron chi connectivity index (χ2n) is 3.64. The average molecular weight is 180 g/mol. The lowest BCUT2D eigenvalue weighted by Gasteiger charge is -2.19. The van der Waals surface area contributed by atoms with Crippen LogP contribution in [0.25, 0.3) is 0 Å². The summed E-state index contributed by atoms with van der Waals surface area (Å²) in [7, 11) is 0. The highest BCUT2D eigenvalue weighted by Crippen LogP contribution is 2.33. The number of hydrogen-bond donors (Lipinski definition) is 1. The van der Waals surface area contributed by atoms with Gasteiger partial charge in [0.2, 0.25) is 0 Å². The Hall–Kier alpha value is -0.830. The Kier molecular flexibility index (Phi) is 2.36. The third-order valence-electron chi connectivity index (χ3n) is 2.86. The van der Waals surface area contributed by atoms with Gasteiger partial charge in [0.25, 0.3) is 0 Å². The van der Waals surface area contributed by atoms with E-state index in [4.69, 9.17) is 10.3 Å². The smallest absolute Gasteiger partial charge is 0.140 e. The second-order valence-corrected chi connectivity index (χ2v) is 3.64. The first kappa shape index (κ1) is 8.75. The molecule has 2 N–H and O–H groups in total. The molecule has 3 heteroatoms. The monoisotopic (exact) mass is 180 g/mol. The molecule has 13 heavy (non-hydrogen) atoms. The average Bonchev–Trinajstić information content (AvgIpc) is 2.60. The summed E-state index contributed by atoms with van der Waals surface area (Å²) < 4.78 is 5.30. The van der Waals surface area contributed by atoms with Crippen LogP contribution in [0.1, 0.15) is 42.7 Å². The minimum absolute atomic E-state index is 0.491. The molecule has 1 aromatic rings. The molecule has 1 unspecified atom stereocenters. The molecule has 0 radical (unpaired) electrons. The van der Waals surface area contributed by atoms with Crippen molar-refractivity contribution in [3.05, 3.63) is 17.0 Å². The van der Waals surface area contributed by atoms with Gasteiger partial charge in [-0.3, -0.25) is 0 Å². The normalized spacial score (nSPS) is 21.5. The van der Waals surface area contributed by atoms with E-state index in [1.807, 2.05) is 0 Å². The molecule has 1 heterocycles. The second kappa shape index (κ2) is 3.50. The summed E-state index contributed by atoms with van der Waals surface area (Å²) in [5.41, 5.74) is 8.16. The molecule has 0 bridgehead atoms. The summed E-state index contributed by atoms with van der Waals surface area (Å²) in [6.07, 6.45) is 4.37. The van der Waals surface area contributed by atoms with Gasteiger partial charge in [0.05, 0.1) is 5.69 Å². The van der Waals surface area contributed by atoms with Crippen molar-refractivity contribution < 1.29 is 4.52 Å². The van der Waals surface area contributed by atoms with Crippen LogP contribution in [0.4, 0.5) is 0 Å². The molecule has 1 atom stereocenters. The minimum Gasteiger partial charge on any atom is -0.361 e. The van der Waals surface area contributed by atoms with E-state index in [1.54, 1.807) is 0 Å². The predicted octanol–water partition coefficient (Wildman–Crippen LogP) is 1.62. The quantitative estimate of drug-likeness (QED) is 0.752. The summed E-state index contributed by atoms with van der Waals surface area (Å²) in [5, 5.41) is 4.08. The number of nitrogens with two attached hydrogens (primary N) is 1. The van der Waals surface area contributed by atoms with E-state index in [1.165, 1.54) is 18.4 Å². The molecule has 1 aliphatic carbocycles. The molecule has 0 saturated heterocycles. The topological polar surface area (TPSA) is 52.0 Å². The highest BCUT2D eigenvalue weighted by atomic mass is 16.5. The van der Waals surface area contributed by atoms with Crippen LogP contribution in [0.3, 0.4) is 0 Å². The van der Waals surface area contributed by atoms with Gasteiger partial charge < -0.3 is 10.3 Å². The van der Waals surface area contributed by atoms with Crippen molar-refractivity contribution >= 4 is 0 Å². The number of fused-ring (bicyclic) bond motifs is 1. The highest BCUT2D eigenvalue weighted by Gasteiger charge is 2.26. The minimum atomic E-state index is 0.491. The predicted molar refractivity (Wildman–Crippen MR) is 50.6 cm³/mol. The maximum atomic E-state index is 5.73. The van der Waals surface area contributed by atoms with Crippen molar-refractivity contribution in [2.24, 2.45) is 5.73 Å². The van der Waals surface area contributed by atoms with E-state index in [0.717, 1.165) is 30.8 Å². The molecule has 72 valence electrons. The van der Waals surface area contributed by atoms with Gasteiger partial charge in [0, 0.05) is 17.9 Å². The Morgan fingerprint density at radius 3 is 3.15 bits per heavy atom. The molecular formula is C10H16N2O. The van der Waals surface area contributed by atoms with E-state index in [2.05, 4.69) is 12.1 Å². The van der Waals surface area contributed by atoms with Gasteiger partial charge in [-0.1, -0.05) is 12.1 Å². The number of aromatic nitrogens is 1. The van der Waals surface area contributed by atoms with E-state index in [-0.39, 0.29) is 0 Å². The van der Waals surface area contributed by atoms with Crippen LogP contribution in [0.5, 0.6) is 0 Å². The summed E-state index contributed by atoms with van der Waals surface area (Å²) in [6.45, 7) is 2.83. The largest absolute Gasteiger partial charge is 0.361 e. The third kappa shape index (κ3) is 1.37. The molecule has 2 rings (SSSR count). The van der Waals surface area contributed by atoms with Gasteiger partial charge in [-0.15, -0.1) is 0 Å². The van der Waals surface area contributed by atoms with E-state index >= 15 is 0 Å². The van der Waals surface area contributed by atoms with Gasteiger partial charge in [-0.2, -0.15) is 0 Å². The first-order valence-electron chi connectivity index (χ1n) is 5.04. The molecule has 1 aliphatic rings. The molecule has 0 amide bonds. The Balaban J connectivity index is 2.39. The molecule has 0 saturated carbocycles. The number of aryl methyl sites for hydroxylation is 2. The summed E-state index contributed by atoms with van der Waals surface area (Å²) >= 11 is 0. The van der Waals surface area contributed by atoms with Gasteiger partial charge in [-0.05, 0) is 25.8 Å². The van der Waals surface area contributed by atoms with E-state index in [0.29, 0.717) is 5.92 Å². The Labute approximate surface area is 78.3 Å². The fourth-order valence-corrected chi connectivity index (χ4v) is 2.16. The maximum absolute atomic E-state index is 5.73. The molecular weight excluding hydrogens is 164 g/mol. The summed E-state index contributed by atoms with van der Waals surface area (Å²) in [6, 6.07) is 0. The van der Waals surface area contributed by atoms with E-state index in [9.17, 15) is 0 Å². The van der Waals surface area contributed by atoms with Crippen LogP contribution in [0.15, 0.2) is 4.52 Å². The van der Waals surface area contributed by atoms with Crippen LogP contribution in [0, 0.1) is 0 Å². The Morgan fingerprint density at radius 1 is 1.62 bits per heavy atom.